The summed E-state index contributed by atoms with van der Waals surface area (Å²) in [5, 5.41) is 4.01. The van der Waals surface area contributed by atoms with Crippen LogP contribution < -0.4 is 0 Å². The van der Waals surface area contributed by atoms with Crippen molar-refractivity contribution in [1.82, 2.24) is 34.4 Å². The summed E-state index contributed by atoms with van der Waals surface area (Å²) >= 11 is 0. The third-order valence-electron chi connectivity index (χ3n) is 5.98. The summed E-state index contributed by atoms with van der Waals surface area (Å²) in [6, 6.07) is 5.13. The molecule has 4 aromatic heterocycles. The van der Waals surface area contributed by atoms with Crippen LogP contribution in [0, 0.1) is 6.92 Å². The average Bonchev–Trinajstić information content (AvgIpc) is 3.27. The van der Waals surface area contributed by atoms with E-state index in [1.165, 1.54) is 12.3 Å². The molecule has 0 saturated carbocycles. The average molecular weight is 449 g/mol. The first-order valence-electron chi connectivity index (χ1n) is 10.7. The second kappa shape index (κ2) is 8.61. The predicted octanol–water partition coefficient (Wildman–Crippen LogP) is 3.85. The van der Waals surface area contributed by atoms with Crippen LogP contribution in [0.3, 0.4) is 0 Å². The number of carbonyl (C=O) groups is 1. The van der Waals surface area contributed by atoms with E-state index in [4.69, 9.17) is 0 Å². The van der Waals surface area contributed by atoms with E-state index in [1.54, 1.807) is 30.5 Å². The SMILES string of the molecule is Cc1cc(C(F)F)n2ncc(C(=O)N3CCC(c4ncncc4-c4ccncc4)CC3)c2n1. The third-order valence-corrected chi connectivity index (χ3v) is 5.98. The topological polar surface area (TPSA) is 89.2 Å². The molecule has 5 heterocycles. The number of hydrogen-bond acceptors (Lipinski definition) is 6. The Morgan fingerprint density at radius 2 is 1.88 bits per heavy atom. The standard InChI is InChI=1S/C23H21F2N7O/c1-14-10-19(21(24)25)32-22(30-14)18(12-29-32)23(33)31-8-4-16(5-9-31)20-17(11-27-13-28-20)15-2-6-26-7-3-15/h2-3,6-7,10-13,16,21H,4-5,8-9H2,1H3. The Bertz CT molecular complexity index is 1300. The molecule has 1 aliphatic heterocycles. The number of hydrogen-bond donors (Lipinski definition) is 0. The number of likely N-dealkylation sites (tertiary alicyclic amines) is 1. The van der Waals surface area contributed by atoms with Crippen LogP contribution in [0.5, 0.6) is 0 Å². The third kappa shape index (κ3) is 3.92. The van der Waals surface area contributed by atoms with Crippen LogP contribution >= 0.6 is 0 Å². The number of aromatic nitrogens is 6. The Morgan fingerprint density at radius 3 is 2.61 bits per heavy atom. The van der Waals surface area contributed by atoms with Crippen molar-refractivity contribution in [2.45, 2.75) is 32.1 Å². The van der Waals surface area contributed by atoms with Gasteiger partial charge >= 0.3 is 0 Å². The minimum atomic E-state index is -2.71. The number of carbonyl (C=O) groups excluding carboxylic acids is 1. The Kier molecular flexibility index (Phi) is 5.49. The molecule has 168 valence electrons. The van der Waals surface area contributed by atoms with Gasteiger partial charge in [-0.15, -0.1) is 0 Å². The van der Waals surface area contributed by atoms with E-state index in [-0.39, 0.29) is 28.7 Å². The van der Waals surface area contributed by atoms with Gasteiger partial charge in [0, 0.05) is 48.9 Å². The van der Waals surface area contributed by atoms with Gasteiger partial charge in [-0.05, 0) is 43.5 Å². The van der Waals surface area contributed by atoms with Crippen molar-refractivity contribution in [3.05, 3.63) is 72.0 Å². The van der Waals surface area contributed by atoms with Crippen LogP contribution in [0.4, 0.5) is 8.78 Å². The van der Waals surface area contributed by atoms with Crippen molar-refractivity contribution in [2.24, 2.45) is 0 Å². The first-order valence-corrected chi connectivity index (χ1v) is 10.7. The number of halogens is 2. The summed E-state index contributed by atoms with van der Waals surface area (Å²) < 4.78 is 27.9. The molecule has 0 aromatic carbocycles. The zero-order valence-electron chi connectivity index (χ0n) is 17.9. The maximum atomic E-state index is 13.4. The van der Waals surface area contributed by atoms with Crippen LogP contribution in [0.25, 0.3) is 16.8 Å². The molecule has 0 atom stereocenters. The Hall–Kier alpha value is -3.82. The number of pyridine rings is 1. The van der Waals surface area contributed by atoms with Crippen LogP contribution in [-0.2, 0) is 0 Å². The molecule has 1 aliphatic rings. The second-order valence-electron chi connectivity index (χ2n) is 8.04. The van der Waals surface area contributed by atoms with Gasteiger partial charge in [0.1, 0.15) is 17.6 Å². The monoisotopic (exact) mass is 449 g/mol. The van der Waals surface area contributed by atoms with Gasteiger partial charge in [0.25, 0.3) is 12.3 Å². The van der Waals surface area contributed by atoms with Crippen molar-refractivity contribution >= 4 is 11.6 Å². The normalized spacial score (nSPS) is 14.8. The highest BCUT2D eigenvalue weighted by atomic mass is 19.3. The van der Waals surface area contributed by atoms with Crippen LogP contribution in [0.15, 0.2) is 49.3 Å². The Labute approximate surface area is 188 Å². The molecule has 10 heteroatoms. The predicted molar refractivity (Wildman–Crippen MR) is 116 cm³/mol. The largest absolute Gasteiger partial charge is 0.338 e. The quantitative estimate of drug-likeness (QED) is 0.470. The highest BCUT2D eigenvalue weighted by Gasteiger charge is 2.29. The summed E-state index contributed by atoms with van der Waals surface area (Å²) in [7, 11) is 0. The van der Waals surface area contributed by atoms with Gasteiger partial charge in [-0.1, -0.05) is 0 Å². The van der Waals surface area contributed by atoms with Gasteiger partial charge in [-0.2, -0.15) is 5.10 Å². The number of fused-ring (bicyclic) bond motifs is 1. The lowest BCUT2D eigenvalue weighted by Gasteiger charge is -2.32. The van der Waals surface area contributed by atoms with Crippen molar-refractivity contribution in [3.8, 4) is 11.1 Å². The zero-order valence-corrected chi connectivity index (χ0v) is 17.9. The lowest BCUT2D eigenvalue weighted by Crippen LogP contribution is -2.38. The number of nitrogens with zero attached hydrogens (tertiary/aromatic N) is 7. The first-order chi connectivity index (χ1) is 16.0. The first kappa shape index (κ1) is 21.0. The molecule has 0 N–H and O–H groups in total. The fraction of sp³-hybridized carbons (Fsp3) is 0.304. The van der Waals surface area contributed by atoms with E-state index in [0.717, 1.165) is 34.2 Å². The van der Waals surface area contributed by atoms with E-state index >= 15 is 0 Å². The van der Waals surface area contributed by atoms with Crippen molar-refractivity contribution in [2.75, 3.05) is 13.1 Å². The summed E-state index contributed by atoms with van der Waals surface area (Å²) in [5.74, 6) is -0.0752. The van der Waals surface area contributed by atoms with Crippen molar-refractivity contribution in [3.63, 3.8) is 0 Å². The molecule has 0 radical (unpaired) electrons. The van der Waals surface area contributed by atoms with Gasteiger partial charge in [0.2, 0.25) is 0 Å². The molecular weight excluding hydrogens is 428 g/mol. The highest BCUT2D eigenvalue weighted by Crippen LogP contribution is 2.34. The number of rotatable bonds is 4. The van der Waals surface area contributed by atoms with Crippen molar-refractivity contribution < 1.29 is 13.6 Å². The van der Waals surface area contributed by atoms with Crippen LogP contribution in [-0.4, -0.2) is 53.4 Å². The van der Waals surface area contributed by atoms with E-state index < -0.39 is 6.43 Å². The van der Waals surface area contributed by atoms with Crippen LogP contribution in [0.1, 0.15) is 52.6 Å². The molecule has 33 heavy (non-hydrogen) atoms. The second-order valence-corrected chi connectivity index (χ2v) is 8.04. The molecule has 8 nitrogen and oxygen atoms in total. The maximum absolute atomic E-state index is 13.4. The Balaban J connectivity index is 1.36. The molecule has 0 unspecified atom stereocenters. The summed E-state index contributed by atoms with van der Waals surface area (Å²) in [5.41, 5.74) is 3.46. The van der Waals surface area contributed by atoms with Gasteiger partial charge in [-0.3, -0.25) is 9.78 Å². The zero-order chi connectivity index (χ0) is 22.9. The van der Waals surface area contributed by atoms with Crippen molar-refractivity contribution in [1.29, 1.82) is 0 Å². The molecular formula is C23H21F2N7O. The molecule has 5 rings (SSSR count). The summed E-state index contributed by atoms with van der Waals surface area (Å²) in [6.07, 6.45) is 6.90. The molecule has 4 aromatic rings. The van der Waals surface area contributed by atoms with Gasteiger partial charge < -0.3 is 4.90 Å². The minimum absolute atomic E-state index is 0.160. The lowest BCUT2D eigenvalue weighted by molar-refractivity contribution is 0.0713. The summed E-state index contributed by atoms with van der Waals surface area (Å²) in [6.45, 7) is 2.67. The number of alkyl halides is 2. The fourth-order valence-electron chi connectivity index (χ4n) is 4.36. The van der Waals surface area contributed by atoms with Gasteiger partial charge in [0.05, 0.1) is 11.9 Å². The summed E-state index contributed by atoms with van der Waals surface area (Å²) in [4.78, 5) is 32.0. The van der Waals surface area contributed by atoms with E-state index in [1.807, 2.05) is 18.3 Å². The smallest absolute Gasteiger partial charge is 0.280 e. The van der Waals surface area contributed by atoms with E-state index in [0.29, 0.717) is 18.8 Å². The molecule has 0 spiro atoms. The Morgan fingerprint density at radius 1 is 1.12 bits per heavy atom. The molecule has 1 saturated heterocycles. The molecule has 1 fully saturated rings. The lowest BCUT2D eigenvalue weighted by atomic mass is 9.89. The number of piperidine rings is 1. The van der Waals surface area contributed by atoms with Gasteiger partial charge in [0.15, 0.2) is 5.65 Å². The number of amides is 1. The fourth-order valence-corrected chi connectivity index (χ4v) is 4.36. The number of aryl methyl sites for hydroxylation is 1. The minimum Gasteiger partial charge on any atom is -0.338 e. The maximum Gasteiger partial charge on any atom is 0.280 e. The van der Waals surface area contributed by atoms with Gasteiger partial charge in [-0.25, -0.2) is 28.2 Å². The molecule has 0 aliphatic carbocycles. The highest BCUT2D eigenvalue weighted by molar-refractivity contribution is 5.99. The molecule has 0 bridgehead atoms. The van der Waals surface area contributed by atoms with E-state index in [2.05, 4.69) is 25.0 Å². The van der Waals surface area contributed by atoms with E-state index in [9.17, 15) is 13.6 Å². The molecule has 1 amide bonds. The van der Waals surface area contributed by atoms with Crippen LogP contribution in [0.2, 0.25) is 0 Å².